The second-order valence-electron chi connectivity index (χ2n) is 12.6. The fraction of sp³-hybridized carbons (Fsp3) is 0.200. The van der Waals surface area contributed by atoms with Gasteiger partial charge in [-0.1, -0.05) is 82.3 Å². The number of nitrogens with zero attached hydrogens (tertiary/aromatic N) is 4. The molecule has 0 N–H and O–H groups in total. The number of aryl methyl sites for hydroxylation is 1. The molecule has 0 unspecified atom stereocenters. The van der Waals surface area contributed by atoms with Gasteiger partial charge in [0.2, 0.25) is 0 Å². The summed E-state index contributed by atoms with van der Waals surface area (Å²) in [6, 6.07) is 37.9. The molecule has 0 spiro atoms. The molecule has 4 aromatic carbocycles. The maximum absolute atomic E-state index is 6.57. The van der Waals surface area contributed by atoms with Crippen LogP contribution in [0.2, 0.25) is 0 Å². The van der Waals surface area contributed by atoms with Crippen molar-refractivity contribution in [2.75, 3.05) is 0 Å². The van der Waals surface area contributed by atoms with Gasteiger partial charge >= 0.3 is 0 Å². The van der Waals surface area contributed by atoms with Crippen molar-refractivity contribution in [2.45, 2.75) is 47.0 Å². The third kappa shape index (κ3) is 5.40. The zero-order chi connectivity index (χ0) is 31.1. The van der Waals surface area contributed by atoms with Crippen LogP contribution in [0.4, 0.5) is 0 Å². The molecule has 0 saturated carbocycles. The highest BCUT2D eigenvalue weighted by Gasteiger charge is 2.23. The minimum atomic E-state index is 0.285. The van der Waals surface area contributed by atoms with Crippen molar-refractivity contribution in [2.24, 2.45) is 5.92 Å². The number of pyridine rings is 1. The van der Waals surface area contributed by atoms with Crippen molar-refractivity contribution in [3.05, 3.63) is 132 Å². The molecule has 0 aliphatic carbocycles. The third-order valence-electron chi connectivity index (χ3n) is 8.29. The average molecular weight is 591 g/mol. The largest absolute Gasteiger partial charge is 0.457 e. The van der Waals surface area contributed by atoms with Crippen LogP contribution in [0.25, 0.3) is 44.4 Å². The van der Waals surface area contributed by atoms with Gasteiger partial charge < -0.3 is 4.74 Å². The summed E-state index contributed by atoms with van der Waals surface area (Å²) in [6.07, 6.45) is 2.79. The van der Waals surface area contributed by atoms with Gasteiger partial charge in [0.05, 0.1) is 28.1 Å². The lowest BCUT2D eigenvalue weighted by molar-refractivity contribution is 0.482. The summed E-state index contributed by atoms with van der Waals surface area (Å²) >= 11 is 0. The molecule has 3 aromatic heterocycles. The Morgan fingerprint density at radius 1 is 0.711 bits per heavy atom. The summed E-state index contributed by atoms with van der Waals surface area (Å²) in [5.74, 6) is 3.19. The molecule has 0 bridgehead atoms. The number of rotatable bonds is 8. The molecular weight excluding hydrogens is 552 g/mol. The molecule has 0 atom stereocenters. The first-order valence-electron chi connectivity index (χ1n) is 15.8. The van der Waals surface area contributed by atoms with Gasteiger partial charge in [0, 0.05) is 34.7 Å². The number of fused-ring (bicyclic) bond motifs is 3. The molecule has 224 valence electrons. The van der Waals surface area contributed by atoms with E-state index < -0.39 is 0 Å². The Hall–Kier alpha value is -5.16. The van der Waals surface area contributed by atoms with Crippen LogP contribution in [0.3, 0.4) is 0 Å². The summed E-state index contributed by atoms with van der Waals surface area (Å²) in [4.78, 5) is 4.73. The maximum atomic E-state index is 6.57. The van der Waals surface area contributed by atoms with E-state index in [1.165, 1.54) is 33.2 Å². The maximum Gasteiger partial charge on any atom is 0.137 e. The summed E-state index contributed by atoms with van der Waals surface area (Å²) in [7, 11) is 0. The van der Waals surface area contributed by atoms with Crippen LogP contribution in [0.1, 0.15) is 50.6 Å². The van der Waals surface area contributed by atoms with Crippen molar-refractivity contribution >= 4 is 21.8 Å². The average Bonchev–Trinajstić information content (AvgIpc) is 3.57. The number of hydrogen-bond acceptors (Lipinski definition) is 3. The van der Waals surface area contributed by atoms with Crippen LogP contribution in [0.15, 0.2) is 115 Å². The highest BCUT2D eigenvalue weighted by Crippen LogP contribution is 2.37. The Labute approximate surface area is 264 Å². The van der Waals surface area contributed by atoms with Gasteiger partial charge in [0.1, 0.15) is 17.3 Å². The lowest BCUT2D eigenvalue weighted by Gasteiger charge is -2.14. The van der Waals surface area contributed by atoms with E-state index in [4.69, 9.17) is 14.8 Å². The van der Waals surface area contributed by atoms with Crippen LogP contribution >= 0.6 is 0 Å². The van der Waals surface area contributed by atoms with Crippen LogP contribution in [0.5, 0.6) is 11.5 Å². The van der Waals surface area contributed by atoms with E-state index in [1.807, 2.05) is 18.3 Å². The molecule has 0 aliphatic heterocycles. The molecule has 0 amide bonds. The SMILES string of the molecule is Cc1ccnc(-n2c3ccccc3c3ccc(Oc4cccc(-n5nc(C(C)C)c(-c6ccccc6)c5CC(C)C)c4)cc32)c1. The molecule has 45 heavy (non-hydrogen) atoms. The minimum absolute atomic E-state index is 0.285. The van der Waals surface area contributed by atoms with Gasteiger partial charge in [-0.15, -0.1) is 0 Å². The standard InChI is InChI=1S/C40H38N4O/c1-26(2)22-37-39(29-12-7-6-8-13-29)40(27(3)4)42-44(37)30-14-11-15-31(24-30)45-32-18-19-34-33-16-9-10-17-35(33)43(36(34)25-32)38-23-28(5)20-21-41-38/h6-21,23-27H,22H2,1-5H3. The van der Waals surface area contributed by atoms with Gasteiger partial charge in [-0.2, -0.15) is 5.10 Å². The first-order chi connectivity index (χ1) is 21.9. The number of para-hydroxylation sites is 1. The molecule has 5 nitrogen and oxygen atoms in total. The van der Waals surface area contributed by atoms with Crippen LogP contribution in [-0.4, -0.2) is 19.3 Å². The van der Waals surface area contributed by atoms with E-state index in [1.54, 1.807) is 0 Å². The van der Waals surface area contributed by atoms with Gasteiger partial charge in [0.15, 0.2) is 0 Å². The molecule has 7 aromatic rings. The summed E-state index contributed by atoms with van der Waals surface area (Å²) in [6.45, 7) is 11.1. The summed E-state index contributed by atoms with van der Waals surface area (Å²) < 4.78 is 10.9. The predicted molar refractivity (Wildman–Crippen MR) is 185 cm³/mol. The molecule has 3 heterocycles. The predicted octanol–water partition coefficient (Wildman–Crippen LogP) is 10.5. The van der Waals surface area contributed by atoms with Gasteiger partial charge in [-0.25, -0.2) is 9.67 Å². The Morgan fingerprint density at radius 3 is 2.24 bits per heavy atom. The molecule has 0 fully saturated rings. The van der Waals surface area contributed by atoms with E-state index >= 15 is 0 Å². The number of aromatic nitrogens is 4. The van der Waals surface area contributed by atoms with E-state index in [0.29, 0.717) is 5.92 Å². The fourth-order valence-electron chi connectivity index (χ4n) is 6.30. The lowest BCUT2D eigenvalue weighted by Crippen LogP contribution is -2.06. The van der Waals surface area contributed by atoms with E-state index in [0.717, 1.165) is 46.2 Å². The second kappa shape index (κ2) is 11.7. The Balaban J connectivity index is 1.32. The summed E-state index contributed by atoms with van der Waals surface area (Å²) in [5, 5.41) is 7.58. The number of benzene rings is 4. The van der Waals surface area contributed by atoms with Crippen LogP contribution in [-0.2, 0) is 6.42 Å². The topological polar surface area (TPSA) is 44.9 Å². The monoisotopic (exact) mass is 590 g/mol. The third-order valence-corrected chi connectivity index (χ3v) is 8.29. The van der Waals surface area contributed by atoms with Crippen LogP contribution in [0, 0.1) is 12.8 Å². The molecule has 0 aliphatic rings. The van der Waals surface area contributed by atoms with E-state index in [9.17, 15) is 0 Å². The van der Waals surface area contributed by atoms with Crippen molar-refractivity contribution in [3.63, 3.8) is 0 Å². The van der Waals surface area contributed by atoms with Gasteiger partial charge in [0.25, 0.3) is 0 Å². The Morgan fingerprint density at radius 2 is 1.47 bits per heavy atom. The van der Waals surface area contributed by atoms with Crippen molar-refractivity contribution in [1.82, 2.24) is 19.3 Å². The van der Waals surface area contributed by atoms with Gasteiger partial charge in [-0.3, -0.25) is 4.57 Å². The molecule has 7 rings (SSSR count). The zero-order valence-corrected chi connectivity index (χ0v) is 26.5. The minimum Gasteiger partial charge on any atom is -0.457 e. The second-order valence-corrected chi connectivity index (χ2v) is 12.6. The zero-order valence-electron chi connectivity index (χ0n) is 26.5. The van der Waals surface area contributed by atoms with Crippen LogP contribution < -0.4 is 4.74 Å². The fourth-order valence-corrected chi connectivity index (χ4v) is 6.30. The normalized spacial score (nSPS) is 11.7. The Kier molecular flexibility index (Phi) is 7.46. The lowest BCUT2D eigenvalue weighted by atomic mass is 9.94. The van der Waals surface area contributed by atoms with E-state index in [-0.39, 0.29) is 5.92 Å². The first-order valence-corrected chi connectivity index (χ1v) is 15.8. The number of hydrogen-bond donors (Lipinski definition) is 0. The van der Waals surface area contributed by atoms with Gasteiger partial charge in [-0.05, 0) is 78.8 Å². The first kappa shape index (κ1) is 28.6. The molecule has 0 radical (unpaired) electrons. The number of ether oxygens (including phenoxy) is 1. The Bertz CT molecular complexity index is 2140. The van der Waals surface area contributed by atoms with Crippen molar-refractivity contribution < 1.29 is 4.74 Å². The highest BCUT2D eigenvalue weighted by atomic mass is 16.5. The summed E-state index contributed by atoms with van der Waals surface area (Å²) in [5.41, 5.74) is 9.14. The quantitative estimate of drug-likeness (QED) is 0.177. The molecular formula is C40H38N4O. The van der Waals surface area contributed by atoms with E-state index in [2.05, 4.69) is 141 Å². The molecule has 0 saturated heterocycles. The molecule has 5 heteroatoms. The smallest absolute Gasteiger partial charge is 0.137 e. The highest BCUT2D eigenvalue weighted by molar-refractivity contribution is 6.09. The van der Waals surface area contributed by atoms with Crippen molar-refractivity contribution in [3.8, 4) is 34.1 Å². The van der Waals surface area contributed by atoms with Crippen molar-refractivity contribution in [1.29, 1.82) is 0 Å².